The highest BCUT2D eigenvalue weighted by molar-refractivity contribution is 6.02. The molecule has 138 valence electrons. The number of anilines is 2. The Kier molecular flexibility index (Phi) is 5.56. The van der Waals surface area contributed by atoms with Crippen LogP contribution < -0.4 is 15.4 Å². The molecule has 27 heavy (non-hydrogen) atoms. The molecule has 6 heteroatoms. The van der Waals surface area contributed by atoms with E-state index < -0.39 is 0 Å². The molecule has 2 N–H and O–H groups in total. The number of amides is 2. The number of benzene rings is 2. The third kappa shape index (κ3) is 4.76. The van der Waals surface area contributed by atoms with Crippen molar-refractivity contribution in [3.8, 4) is 5.75 Å². The number of aryl methyl sites for hydroxylation is 2. The van der Waals surface area contributed by atoms with Crippen molar-refractivity contribution < 1.29 is 18.7 Å². The zero-order chi connectivity index (χ0) is 19.2. The van der Waals surface area contributed by atoms with Gasteiger partial charge in [-0.3, -0.25) is 9.59 Å². The quantitative estimate of drug-likeness (QED) is 0.688. The SMILES string of the molecule is Cc1cccc(C)c1NC(=O)COc1ccc(NC(=O)c2ccco2)cc1. The Morgan fingerprint density at radius 1 is 0.926 bits per heavy atom. The minimum absolute atomic E-state index is 0.105. The van der Waals surface area contributed by atoms with Crippen molar-refractivity contribution in [3.63, 3.8) is 0 Å². The minimum Gasteiger partial charge on any atom is -0.484 e. The molecular weight excluding hydrogens is 344 g/mol. The first-order valence-corrected chi connectivity index (χ1v) is 8.47. The van der Waals surface area contributed by atoms with Crippen molar-refractivity contribution in [2.75, 3.05) is 17.2 Å². The predicted molar refractivity (Wildman–Crippen MR) is 103 cm³/mol. The smallest absolute Gasteiger partial charge is 0.291 e. The molecule has 0 radical (unpaired) electrons. The third-order valence-electron chi connectivity index (χ3n) is 3.97. The first-order valence-electron chi connectivity index (χ1n) is 8.47. The molecule has 0 aliphatic carbocycles. The first-order chi connectivity index (χ1) is 13.0. The van der Waals surface area contributed by atoms with Gasteiger partial charge in [-0.05, 0) is 61.4 Å². The summed E-state index contributed by atoms with van der Waals surface area (Å²) in [5.74, 6) is 0.199. The maximum absolute atomic E-state index is 12.1. The molecule has 0 bridgehead atoms. The Labute approximate surface area is 157 Å². The lowest BCUT2D eigenvalue weighted by molar-refractivity contribution is -0.118. The number of hydrogen-bond donors (Lipinski definition) is 2. The lowest BCUT2D eigenvalue weighted by Gasteiger charge is -2.12. The second-order valence-electron chi connectivity index (χ2n) is 6.06. The van der Waals surface area contributed by atoms with Crippen LogP contribution in [0.1, 0.15) is 21.7 Å². The summed E-state index contributed by atoms with van der Waals surface area (Å²) in [6, 6.07) is 15.8. The first kappa shape index (κ1) is 18.3. The van der Waals surface area contributed by atoms with Gasteiger partial charge in [-0.1, -0.05) is 18.2 Å². The predicted octanol–water partition coefficient (Wildman–Crippen LogP) is 4.17. The summed E-state index contributed by atoms with van der Waals surface area (Å²) in [6.07, 6.45) is 1.44. The van der Waals surface area contributed by atoms with Gasteiger partial charge in [-0.25, -0.2) is 0 Å². The van der Waals surface area contributed by atoms with E-state index in [1.807, 2.05) is 32.0 Å². The van der Waals surface area contributed by atoms with Crippen LogP contribution in [0, 0.1) is 13.8 Å². The fraction of sp³-hybridized carbons (Fsp3) is 0.143. The van der Waals surface area contributed by atoms with E-state index in [0.29, 0.717) is 11.4 Å². The van der Waals surface area contributed by atoms with Crippen molar-refractivity contribution in [2.24, 2.45) is 0 Å². The molecule has 2 amide bonds. The zero-order valence-electron chi connectivity index (χ0n) is 15.1. The average molecular weight is 364 g/mol. The van der Waals surface area contributed by atoms with Gasteiger partial charge < -0.3 is 19.8 Å². The van der Waals surface area contributed by atoms with E-state index >= 15 is 0 Å². The van der Waals surface area contributed by atoms with E-state index in [-0.39, 0.29) is 24.2 Å². The number of para-hydroxylation sites is 1. The molecule has 0 atom stereocenters. The van der Waals surface area contributed by atoms with Crippen LogP contribution in [0.15, 0.2) is 65.3 Å². The molecule has 0 spiro atoms. The maximum Gasteiger partial charge on any atom is 0.291 e. The zero-order valence-corrected chi connectivity index (χ0v) is 15.1. The Morgan fingerprint density at radius 3 is 2.26 bits per heavy atom. The average Bonchev–Trinajstić information content (AvgIpc) is 3.19. The Balaban J connectivity index is 1.52. The summed E-state index contributed by atoms with van der Waals surface area (Å²) in [5, 5.41) is 5.58. The van der Waals surface area contributed by atoms with Crippen LogP contribution >= 0.6 is 0 Å². The second kappa shape index (κ2) is 8.23. The molecule has 1 aromatic heterocycles. The fourth-order valence-corrected chi connectivity index (χ4v) is 2.57. The van der Waals surface area contributed by atoms with E-state index in [1.165, 1.54) is 6.26 Å². The summed E-state index contributed by atoms with van der Waals surface area (Å²) in [4.78, 5) is 24.0. The molecule has 0 fully saturated rings. The van der Waals surface area contributed by atoms with Crippen molar-refractivity contribution in [1.82, 2.24) is 0 Å². The van der Waals surface area contributed by atoms with E-state index in [9.17, 15) is 9.59 Å². The number of furan rings is 1. The number of ether oxygens (including phenoxy) is 1. The van der Waals surface area contributed by atoms with Gasteiger partial charge in [-0.15, -0.1) is 0 Å². The van der Waals surface area contributed by atoms with Gasteiger partial charge in [0.2, 0.25) is 0 Å². The Morgan fingerprint density at radius 2 is 1.63 bits per heavy atom. The van der Waals surface area contributed by atoms with Gasteiger partial charge in [0.15, 0.2) is 12.4 Å². The largest absolute Gasteiger partial charge is 0.484 e. The van der Waals surface area contributed by atoms with Crippen molar-refractivity contribution in [3.05, 3.63) is 77.7 Å². The van der Waals surface area contributed by atoms with Gasteiger partial charge in [-0.2, -0.15) is 0 Å². The molecule has 0 aliphatic rings. The number of rotatable bonds is 6. The summed E-state index contributed by atoms with van der Waals surface area (Å²) in [6.45, 7) is 3.78. The van der Waals surface area contributed by atoms with Gasteiger partial charge in [0.25, 0.3) is 11.8 Å². The molecule has 3 rings (SSSR count). The number of carbonyl (C=O) groups excluding carboxylic acids is 2. The fourth-order valence-electron chi connectivity index (χ4n) is 2.57. The molecule has 0 unspecified atom stereocenters. The molecule has 2 aromatic carbocycles. The van der Waals surface area contributed by atoms with Crippen molar-refractivity contribution in [2.45, 2.75) is 13.8 Å². The Hall–Kier alpha value is -3.54. The molecule has 0 saturated heterocycles. The minimum atomic E-state index is -0.332. The summed E-state index contributed by atoms with van der Waals surface area (Å²) in [7, 11) is 0. The standard InChI is InChI=1S/C21H20N2O4/c1-14-5-3-6-15(2)20(14)23-19(24)13-27-17-10-8-16(9-11-17)22-21(25)18-7-4-12-26-18/h3-12H,13H2,1-2H3,(H,22,25)(H,23,24). The number of nitrogens with one attached hydrogen (secondary N) is 2. The Bertz CT molecular complexity index is 911. The molecule has 3 aromatic rings. The van der Waals surface area contributed by atoms with Crippen LogP contribution in [-0.4, -0.2) is 18.4 Å². The van der Waals surface area contributed by atoms with Crippen LogP contribution in [-0.2, 0) is 4.79 Å². The van der Waals surface area contributed by atoms with E-state index in [4.69, 9.17) is 9.15 Å². The van der Waals surface area contributed by atoms with Crippen LogP contribution in [0.3, 0.4) is 0 Å². The van der Waals surface area contributed by atoms with E-state index in [1.54, 1.807) is 36.4 Å². The summed E-state index contributed by atoms with van der Waals surface area (Å²) < 4.78 is 10.5. The van der Waals surface area contributed by atoms with E-state index in [0.717, 1.165) is 16.8 Å². The number of hydrogen-bond acceptors (Lipinski definition) is 4. The number of carbonyl (C=O) groups is 2. The van der Waals surface area contributed by atoms with Gasteiger partial charge >= 0.3 is 0 Å². The third-order valence-corrected chi connectivity index (χ3v) is 3.97. The lowest BCUT2D eigenvalue weighted by Crippen LogP contribution is -2.21. The van der Waals surface area contributed by atoms with Crippen LogP contribution in [0.5, 0.6) is 5.75 Å². The molecular formula is C21H20N2O4. The van der Waals surface area contributed by atoms with Crippen molar-refractivity contribution >= 4 is 23.2 Å². The molecule has 0 aliphatic heterocycles. The highest BCUT2D eigenvalue weighted by Crippen LogP contribution is 2.20. The van der Waals surface area contributed by atoms with Gasteiger partial charge in [0, 0.05) is 11.4 Å². The highest BCUT2D eigenvalue weighted by Gasteiger charge is 2.10. The molecule has 0 saturated carbocycles. The van der Waals surface area contributed by atoms with E-state index in [2.05, 4.69) is 10.6 Å². The monoisotopic (exact) mass is 364 g/mol. The lowest BCUT2D eigenvalue weighted by atomic mass is 10.1. The van der Waals surface area contributed by atoms with Crippen LogP contribution in [0.25, 0.3) is 0 Å². The summed E-state index contributed by atoms with van der Waals surface area (Å²) >= 11 is 0. The molecule has 6 nitrogen and oxygen atoms in total. The maximum atomic E-state index is 12.1. The summed E-state index contributed by atoms with van der Waals surface area (Å²) in [5.41, 5.74) is 3.41. The van der Waals surface area contributed by atoms with Gasteiger partial charge in [0.05, 0.1) is 6.26 Å². The second-order valence-corrected chi connectivity index (χ2v) is 6.06. The topological polar surface area (TPSA) is 80.6 Å². The van der Waals surface area contributed by atoms with Crippen molar-refractivity contribution in [1.29, 1.82) is 0 Å². The molecule has 1 heterocycles. The van der Waals surface area contributed by atoms with Crippen LogP contribution in [0.4, 0.5) is 11.4 Å². The highest BCUT2D eigenvalue weighted by atomic mass is 16.5. The normalized spacial score (nSPS) is 10.3. The van der Waals surface area contributed by atoms with Gasteiger partial charge in [0.1, 0.15) is 5.75 Å². The van der Waals surface area contributed by atoms with Crippen LogP contribution in [0.2, 0.25) is 0 Å².